The molecule has 1 unspecified atom stereocenters. The first-order valence-electron chi connectivity index (χ1n) is 5.03. The molecule has 1 aromatic heterocycles. The molecule has 0 saturated carbocycles. The van der Waals surface area contributed by atoms with E-state index < -0.39 is 0 Å². The monoisotopic (exact) mass is 210 g/mol. The van der Waals surface area contributed by atoms with Crippen molar-refractivity contribution in [3.8, 4) is 0 Å². The van der Waals surface area contributed by atoms with Gasteiger partial charge in [0.05, 0.1) is 6.54 Å². The fourth-order valence-electron chi connectivity index (χ4n) is 1.60. The molecule has 6 heteroatoms. The second kappa shape index (κ2) is 4.39. The van der Waals surface area contributed by atoms with Gasteiger partial charge in [-0.25, -0.2) is 0 Å². The number of carbonyl (C=O) groups is 1. The second-order valence-electron chi connectivity index (χ2n) is 3.67. The van der Waals surface area contributed by atoms with Gasteiger partial charge >= 0.3 is 0 Å². The SMILES string of the molecule is Cc1noc(CNCC2CCC(=O)N2)n1. The van der Waals surface area contributed by atoms with Crippen LogP contribution < -0.4 is 10.6 Å². The number of aryl methyl sites for hydroxylation is 1. The van der Waals surface area contributed by atoms with Gasteiger partial charge in [0, 0.05) is 19.0 Å². The predicted octanol–water partition coefficient (Wildman–Crippen LogP) is -0.254. The van der Waals surface area contributed by atoms with Gasteiger partial charge in [-0.3, -0.25) is 4.79 Å². The lowest BCUT2D eigenvalue weighted by atomic mass is 10.2. The van der Waals surface area contributed by atoms with Crippen LogP contribution in [0.15, 0.2) is 4.52 Å². The molecule has 0 spiro atoms. The summed E-state index contributed by atoms with van der Waals surface area (Å²) in [5.74, 6) is 1.35. The van der Waals surface area contributed by atoms with Gasteiger partial charge in [-0.15, -0.1) is 0 Å². The van der Waals surface area contributed by atoms with Crippen LogP contribution in [0.5, 0.6) is 0 Å². The summed E-state index contributed by atoms with van der Waals surface area (Å²) in [4.78, 5) is 15.0. The topological polar surface area (TPSA) is 80.0 Å². The van der Waals surface area contributed by atoms with Crippen LogP contribution in [0.2, 0.25) is 0 Å². The fraction of sp³-hybridized carbons (Fsp3) is 0.667. The van der Waals surface area contributed by atoms with Gasteiger partial charge in [0.25, 0.3) is 0 Å². The highest BCUT2D eigenvalue weighted by molar-refractivity contribution is 5.78. The van der Waals surface area contributed by atoms with Crippen LogP contribution in [0.3, 0.4) is 0 Å². The van der Waals surface area contributed by atoms with Crippen LogP contribution in [0.4, 0.5) is 0 Å². The molecule has 1 aliphatic rings. The summed E-state index contributed by atoms with van der Waals surface area (Å²) in [5.41, 5.74) is 0. The molecule has 2 rings (SSSR count). The zero-order valence-electron chi connectivity index (χ0n) is 8.62. The maximum absolute atomic E-state index is 10.9. The van der Waals surface area contributed by atoms with Gasteiger partial charge in [0.1, 0.15) is 0 Å². The minimum absolute atomic E-state index is 0.135. The maximum Gasteiger partial charge on any atom is 0.240 e. The largest absolute Gasteiger partial charge is 0.352 e. The molecule has 0 bridgehead atoms. The lowest BCUT2D eigenvalue weighted by Gasteiger charge is -2.09. The summed E-state index contributed by atoms with van der Waals surface area (Å²) in [6, 6.07) is 0.238. The number of amides is 1. The molecule has 2 N–H and O–H groups in total. The van der Waals surface area contributed by atoms with E-state index in [1.54, 1.807) is 6.92 Å². The highest BCUT2D eigenvalue weighted by atomic mass is 16.5. The first kappa shape index (κ1) is 10.1. The Morgan fingerprint density at radius 2 is 2.53 bits per heavy atom. The predicted molar refractivity (Wildman–Crippen MR) is 51.9 cm³/mol. The fourth-order valence-corrected chi connectivity index (χ4v) is 1.60. The van der Waals surface area contributed by atoms with Crippen LogP contribution >= 0.6 is 0 Å². The average molecular weight is 210 g/mol. The summed E-state index contributed by atoms with van der Waals surface area (Å²) >= 11 is 0. The highest BCUT2D eigenvalue weighted by Crippen LogP contribution is 2.05. The molecule has 0 aromatic carbocycles. The van der Waals surface area contributed by atoms with Crippen LogP contribution in [-0.2, 0) is 11.3 Å². The van der Waals surface area contributed by atoms with E-state index >= 15 is 0 Å². The Hall–Kier alpha value is -1.43. The number of hydrogen-bond acceptors (Lipinski definition) is 5. The molecule has 15 heavy (non-hydrogen) atoms. The molecule has 0 aliphatic carbocycles. The first-order valence-corrected chi connectivity index (χ1v) is 5.03. The third-order valence-corrected chi connectivity index (χ3v) is 2.32. The number of nitrogens with one attached hydrogen (secondary N) is 2. The first-order chi connectivity index (χ1) is 7.24. The summed E-state index contributed by atoms with van der Waals surface area (Å²) in [6.45, 7) is 3.07. The molecule has 1 amide bonds. The Labute approximate surface area is 87.4 Å². The van der Waals surface area contributed by atoms with Crippen molar-refractivity contribution in [1.29, 1.82) is 0 Å². The lowest BCUT2D eigenvalue weighted by Crippen LogP contribution is -2.35. The Balaban J connectivity index is 1.69. The van der Waals surface area contributed by atoms with Crippen molar-refractivity contribution in [3.63, 3.8) is 0 Å². The van der Waals surface area contributed by atoms with Crippen molar-refractivity contribution in [2.75, 3.05) is 6.54 Å². The van der Waals surface area contributed by atoms with Crippen molar-refractivity contribution in [2.24, 2.45) is 0 Å². The average Bonchev–Trinajstić information content (AvgIpc) is 2.76. The van der Waals surface area contributed by atoms with E-state index in [9.17, 15) is 4.79 Å². The van der Waals surface area contributed by atoms with Crippen molar-refractivity contribution in [3.05, 3.63) is 11.7 Å². The van der Waals surface area contributed by atoms with Crippen molar-refractivity contribution in [1.82, 2.24) is 20.8 Å². The molecule has 2 heterocycles. The van der Waals surface area contributed by atoms with E-state index in [-0.39, 0.29) is 11.9 Å². The van der Waals surface area contributed by atoms with E-state index in [1.165, 1.54) is 0 Å². The summed E-state index contributed by atoms with van der Waals surface area (Å²) in [7, 11) is 0. The molecular weight excluding hydrogens is 196 g/mol. The Kier molecular flexibility index (Phi) is 2.96. The van der Waals surface area contributed by atoms with Crippen molar-refractivity contribution in [2.45, 2.75) is 32.4 Å². The molecule has 1 fully saturated rings. The van der Waals surface area contributed by atoms with Gasteiger partial charge < -0.3 is 15.2 Å². The maximum atomic E-state index is 10.9. The van der Waals surface area contributed by atoms with Crippen LogP contribution in [0.1, 0.15) is 24.6 Å². The van der Waals surface area contributed by atoms with E-state index in [0.29, 0.717) is 24.7 Å². The summed E-state index contributed by atoms with van der Waals surface area (Å²) in [5, 5.41) is 9.73. The highest BCUT2D eigenvalue weighted by Gasteiger charge is 2.19. The third kappa shape index (κ3) is 2.76. The van der Waals surface area contributed by atoms with Crippen LogP contribution in [-0.4, -0.2) is 28.6 Å². The van der Waals surface area contributed by atoms with Gasteiger partial charge in [-0.2, -0.15) is 4.98 Å². The molecule has 1 saturated heterocycles. The van der Waals surface area contributed by atoms with E-state index in [2.05, 4.69) is 20.8 Å². The Morgan fingerprint density at radius 1 is 1.67 bits per heavy atom. The van der Waals surface area contributed by atoms with Gasteiger partial charge in [-0.1, -0.05) is 5.16 Å². The Bertz CT molecular complexity index is 350. The number of aromatic nitrogens is 2. The number of rotatable bonds is 4. The molecule has 6 nitrogen and oxygen atoms in total. The number of nitrogens with zero attached hydrogens (tertiary/aromatic N) is 2. The third-order valence-electron chi connectivity index (χ3n) is 2.32. The molecular formula is C9H14N4O2. The van der Waals surface area contributed by atoms with E-state index in [1.807, 2.05) is 0 Å². The smallest absolute Gasteiger partial charge is 0.240 e. The summed E-state index contributed by atoms with van der Waals surface area (Å²) in [6.07, 6.45) is 1.53. The lowest BCUT2D eigenvalue weighted by molar-refractivity contribution is -0.119. The van der Waals surface area contributed by atoms with Gasteiger partial charge in [0.15, 0.2) is 5.82 Å². The van der Waals surface area contributed by atoms with E-state index in [4.69, 9.17) is 4.52 Å². The van der Waals surface area contributed by atoms with Crippen LogP contribution in [0, 0.1) is 6.92 Å². The molecule has 1 aliphatic heterocycles. The normalized spacial score (nSPS) is 20.6. The second-order valence-corrected chi connectivity index (χ2v) is 3.67. The number of hydrogen-bond donors (Lipinski definition) is 2. The zero-order chi connectivity index (χ0) is 10.7. The molecule has 1 atom stereocenters. The Morgan fingerprint density at radius 3 is 3.13 bits per heavy atom. The number of carbonyl (C=O) groups excluding carboxylic acids is 1. The minimum Gasteiger partial charge on any atom is -0.352 e. The molecule has 0 radical (unpaired) electrons. The van der Waals surface area contributed by atoms with Crippen LogP contribution in [0.25, 0.3) is 0 Å². The van der Waals surface area contributed by atoms with E-state index in [0.717, 1.165) is 13.0 Å². The molecule has 82 valence electrons. The van der Waals surface area contributed by atoms with Crippen molar-refractivity contribution >= 4 is 5.91 Å². The van der Waals surface area contributed by atoms with Gasteiger partial charge in [-0.05, 0) is 13.3 Å². The van der Waals surface area contributed by atoms with Crippen molar-refractivity contribution < 1.29 is 9.32 Å². The standard InChI is InChI=1S/C9H14N4O2/c1-6-11-9(15-13-6)5-10-4-7-2-3-8(14)12-7/h7,10H,2-5H2,1H3,(H,12,14). The summed E-state index contributed by atoms with van der Waals surface area (Å²) < 4.78 is 4.94. The van der Waals surface area contributed by atoms with Gasteiger partial charge in [0.2, 0.25) is 11.8 Å². The quantitative estimate of drug-likeness (QED) is 0.716. The zero-order valence-corrected chi connectivity index (χ0v) is 8.62. The minimum atomic E-state index is 0.135. The molecule has 1 aromatic rings.